The number of hydrogen-bond donors (Lipinski definition) is 1. The van der Waals surface area contributed by atoms with Crippen LogP contribution in [0.15, 0.2) is 48.5 Å². The second-order valence-electron chi connectivity index (χ2n) is 7.35. The Bertz CT molecular complexity index is 843. The Labute approximate surface area is 189 Å². The normalized spacial score (nSPS) is 11.7. The zero-order chi connectivity index (χ0) is 21.9. The molecule has 0 fully saturated rings. The van der Waals surface area contributed by atoms with Crippen molar-refractivity contribution in [1.29, 1.82) is 0 Å². The summed E-state index contributed by atoms with van der Waals surface area (Å²) in [4.78, 5) is 27.6. The summed E-state index contributed by atoms with van der Waals surface area (Å²) in [5, 5.41) is 3.64. The highest BCUT2D eigenvalue weighted by Crippen LogP contribution is 2.19. The monoisotopic (exact) mass is 446 g/mol. The van der Waals surface area contributed by atoms with Gasteiger partial charge in [-0.2, -0.15) is 0 Å². The average Bonchev–Trinajstić information content (AvgIpc) is 2.72. The maximum Gasteiger partial charge on any atom is 0.242 e. The molecule has 30 heavy (non-hydrogen) atoms. The molecule has 0 heterocycles. The molecule has 0 aromatic heterocycles. The maximum atomic E-state index is 13.2. The highest BCUT2D eigenvalue weighted by Gasteiger charge is 2.28. The fraction of sp³-hybridized carbons (Fsp3) is 0.417. The molecule has 1 atom stereocenters. The van der Waals surface area contributed by atoms with Crippen molar-refractivity contribution in [2.75, 3.05) is 12.3 Å². The summed E-state index contributed by atoms with van der Waals surface area (Å²) >= 11 is 7.59. The number of carbonyl (C=O) groups is 2. The summed E-state index contributed by atoms with van der Waals surface area (Å²) in [7, 11) is 0. The van der Waals surface area contributed by atoms with Crippen LogP contribution in [-0.4, -0.2) is 35.1 Å². The summed E-state index contributed by atoms with van der Waals surface area (Å²) < 4.78 is 0. The van der Waals surface area contributed by atoms with Crippen LogP contribution < -0.4 is 5.32 Å². The number of aryl methyl sites for hydroxylation is 1. The highest BCUT2D eigenvalue weighted by molar-refractivity contribution is 7.99. The first-order valence-electron chi connectivity index (χ1n) is 10.4. The zero-order valence-electron chi connectivity index (χ0n) is 18.0. The van der Waals surface area contributed by atoms with Gasteiger partial charge in [-0.05, 0) is 43.0 Å². The molecular formula is C24H31ClN2O2S. The molecule has 0 saturated heterocycles. The van der Waals surface area contributed by atoms with Gasteiger partial charge >= 0.3 is 0 Å². The van der Waals surface area contributed by atoms with E-state index in [-0.39, 0.29) is 11.8 Å². The van der Waals surface area contributed by atoms with Crippen LogP contribution in [0.1, 0.15) is 43.4 Å². The van der Waals surface area contributed by atoms with Crippen LogP contribution in [0.25, 0.3) is 0 Å². The molecule has 2 rings (SSSR count). The van der Waals surface area contributed by atoms with Gasteiger partial charge in [0.15, 0.2) is 0 Å². The van der Waals surface area contributed by atoms with Gasteiger partial charge in [0.2, 0.25) is 11.8 Å². The van der Waals surface area contributed by atoms with E-state index in [1.54, 1.807) is 16.7 Å². The molecule has 2 aromatic carbocycles. The summed E-state index contributed by atoms with van der Waals surface area (Å²) in [5.41, 5.74) is 3.25. The van der Waals surface area contributed by atoms with Gasteiger partial charge in [-0.15, -0.1) is 11.8 Å². The SMILES string of the molecule is CCCNC(=O)[C@H](CC)N(Cc1cccc(C)c1)C(=O)CSCc1cccc(Cl)c1. The lowest BCUT2D eigenvalue weighted by atomic mass is 10.1. The molecule has 2 amide bonds. The molecule has 6 heteroatoms. The minimum absolute atomic E-state index is 0.0259. The fourth-order valence-electron chi connectivity index (χ4n) is 3.26. The van der Waals surface area contributed by atoms with Crippen LogP contribution in [0.3, 0.4) is 0 Å². The van der Waals surface area contributed by atoms with Crippen LogP contribution in [0.4, 0.5) is 0 Å². The van der Waals surface area contributed by atoms with Crippen LogP contribution in [0, 0.1) is 6.92 Å². The molecule has 0 spiro atoms. The molecular weight excluding hydrogens is 416 g/mol. The van der Waals surface area contributed by atoms with Crippen LogP contribution in [0.5, 0.6) is 0 Å². The first-order chi connectivity index (χ1) is 14.4. The molecule has 0 aliphatic heterocycles. The number of amides is 2. The summed E-state index contributed by atoms with van der Waals surface area (Å²) in [5.74, 6) is 0.904. The quantitative estimate of drug-likeness (QED) is 0.515. The smallest absolute Gasteiger partial charge is 0.242 e. The molecule has 0 aliphatic rings. The van der Waals surface area contributed by atoms with Gasteiger partial charge in [0.05, 0.1) is 5.75 Å². The lowest BCUT2D eigenvalue weighted by Crippen LogP contribution is -2.49. The first kappa shape index (κ1) is 24.3. The minimum Gasteiger partial charge on any atom is -0.354 e. The van der Waals surface area contributed by atoms with Gasteiger partial charge < -0.3 is 10.2 Å². The van der Waals surface area contributed by atoms with Gasteiger partial charge in [0, 0.05) is 23.9 Å². The van der Waals surface area contributed by atoms with Crippen molar-refractivity contribution in [2.45, 2.75) is 52.0 Å². The third-order valence-corrected chi connectivity index (χ3v) is 5.98. The Kier molecular flexibility index (Phi) is 10.2. The van der Waals surface area contributed by atoms with E-state index in [1.807, 2.05) is 63.2 Å². The number of halogens is 1. The van der Waals surface area contributed by atoms with Gasteiger partial charge in [-0.3, -0.25) is 9.59 Å². The van der Waals surface area contributed by atoms with Gasteiger partial charge in [-0.1, -0.05) is 67.4 Å². The number of nitrogens with one attached hydrogen (secondary N) is 1. The van der Waals surface area contributed by atoms with Gasteiger partial charge in [0.1, 0.15) is 6.04 Å². The molecule has 0 unspecified atom stereocenters. The van der Waals surface area contributed by atoms with Crippen molar-refractivity contribution in [1.82, 2.24) is 10.2 Å². The summed E-state index contributed by atoms with van der Waals surface area (Å²) in [6.07, 6.45) is 1.44. The Balaban J connectivity index is 2.11. The molecule has 1 N–H and O–H groups in total. The van der Waals surface area contributed by atoms with E-state index in [0.29, 0.717) is 36.0 Å². The predicted molar refractivity (Wildman–Crippen MR) is 127 cm³/mol. The lowest BCUT2D eigenvalue weighted by Gasteiger charge is -2.30. The van der Waals surface area contributed by atoms with Crippen LogP contribution in [0.2, 0.25) is 5.02 Å². The van der Waals surface area contributed by atoms with Crippen molar-refractivity contribution in [3.05, 3.63) is 70.2 Å². The summed E-state index contributed by atoms with van der Waals surface area (Å²) in [6, 6.07) is 15.3. The Morgan fingerprint density at radius 1 is 1.10 bits per heavy atom. The van der Waals surface area contributed by atoms with E-state index >= 15 is 0 Å². The maximum absolute atomic E-state index is 13.2. The Morgan fingerprint density at radius 2 is 1.83 bits per heavy atom. The van der Waals surface area contributed by atoms with Crippen LogP contribution in [-0.2, 0) is 21.9 Å². The number of thioether (sulfide) groups is 1. The number of rotatable bonds is 11. The van der Waals surface area contributed by atoms with E-state index in [0.717, 1.165) is 23.1 Å². The minimum atomic E-state index is -0.476. The van der Waals surface area contributed by atoms with E-state index in [1.165, 1.54) is 0 Å². The topological polar surface area (TPSA) is 49.4 Å². The molecule has 4 nitrogen and oxygen atoms in total. The standard InChI is InChI=1S/C24H31ClN2O2S/c1-4-12-26-24(29)22(5-2)27(15-19-9-6-8-18(3)13-19)23(28)17-30-16-20-10-7-11-21(25)14-20/h6-11,13-14,22H,4-5,12,15-17H2,1-3H3,(H,26,29)/t22-/m0/s1. The second-order valence-corrected chi connectivity index (χ2v) is 8.77. The van der Waals surface area contributed by atoms with E-state index < -0.39 is 6.04 Å². The van der Waals surface area contributed by atoms with Crippen molar-refractivity contribution in [3.8, 4) is 0 Å². The van der Waals surface area contributed by atoms with Crippen molar-refractivity contribution < 1.29 is 9.59 Å². The first-order valence-corrected chi connectivity index (χ1v) is 11.9. The number of benzene rings is 2. The third kappa shape index (κ3) is 7.69. The molecule has 0 saturated carbocycles. The van der Waals surface area contributed by atoms with Crippen molar-refractivity contribution in [3.63, 3.8) is 0 Å². The molecule has 0 bridgehead atoms. The molecule has 0 radical (unpaired) electrons. The van der Waals surface area contributed by atoms with Crippen molar-refractivity contribution in [2.24, 2.45) is 0 Å². The van der Waals surface area contributed by atoms with Gasteiger partial charge in [-0.25, -0.2) is 0 Å². The largest absolute Gasteiger partial charge is 0.354 e. The molecule has 2 aromatic rings. The van der Waals surface area contributed by atoms with Crippen molar-refractivity contribution >= 4 is 35.2 Å². The predicted octanol–water partition coefficient (Wildman–Crippen LogP) is 5.22. The molecule has 0 aliphatic carbocycles. The number of nitrogens with zero attached hydrogens (tertiary/aromatic N) is 1. The highest BCUT2D eigenvalue weighted by atomic mass is 35.5. The summed E-state index contributed by atoms with van der Waals surface area (Å²) in [6.45, 7) is 7.04. The van der Waals surface area contributed by atoms with E-state index in [4.69, 9.17) is 11.6 Å². The number of carbonyl (C=O) groups excluding carboxylic acids is 2. The van der Waals surface area contributed by atoms with E-state index in [2.05, 4.69) is 11.4 Å². The lowest BCUT2D eigenvalue weighted by molar-refractivity contribution is -0.139. The molecule has 162 valence electrons. The second kappa shape index (κ2) is 12.7. The average molecular weight is 447 g/mol. The van der Waals surface area contributed by atoms with Crippen LogP contribution >= 0.6 is 23.4 Å². The zero-order valence-corrected chi connectivity index (χ0v) is 19.6. The van der Waals surface area contributed by atoms with E-state index in [9.17, 15) is 9.59 Å². The van der Waals surface area contributed by atoms with Gasteiger partial charge in [0.25, 0.3) is 0 Å². The fourth-order valence-corrected chi connectivity index (χ4v) is 4.33. The third-order valence-electron chi connectivity index (χ3n) is 4.75. The number of hydrogen-bond acceptors (Lipinski definition) is 3. The Morgan fingerprint density at radius 3 is 2.50 bits per heavy atom. The Hall–Kier alpha value is -1.98.